The minimum Gasteiger partial charge on any atom is -0.399 e. The van der Waals surface area contributed by atoms with Crippen molar-refractivity contribution in [3.05, 3.63) is 58.6 Å². The Kier molecular flexibility index (Phi) is 4.20. The molecule has 3 rings (SSSR count). The third-order valence-corrected chi connectivity index (χ3v) is 5.00. The van der Waals surface area contributed by atoms with Gasteiger partial charge in [0.2, 0.25) is 0 Å². The lowest BCUT2D eigenvalue weighted by Crippen LogP contribution is -2.17. The Morgan fingerprint density at radius 3 is 2.95 bits per heavy atom. The van der Waals surface area contributed by atoms with Gasteiger partial charge in [0.25, 0.3) is 0 Å². The molecule has 2 aromatic rings. The molecule has 0 aliphatic carbocycles. The van der Waals surface area contributed by atoms with Gasteiger partial charge in [-0.1, -0.05) is 35.9 Å². The molecule has 0 amide bonds. The fourth-order valence-corrected chi connectivity index (χ4v) is 3.73. The van der Waals surface area contributed by atoms with Crippen LogP contribution >= 0.6 is 23.4 Å². The number of ether oxygens (including phenoxy) is 1. The summed E-state index contributed by atoms with van der Waals surface area (Å²) in [5.74, 6) is 0.862. The van der Waals surface area contributed by atoms with E-state index < -0.39 is 0 Å². The van der Waals surface area contributed by atoms with E-state index in [0.717, 1.165) is 23.7 Å². The SMILES string of the molecule is Nc1ccc(SCC2OCCc3ccccc32)c(Cl)c1. The normalized spacial score (nSPS) is 17.8. The summed E-state index contributed by atoms with van der Waals surface area (Å²) in [4.78, 5) is 1.05. The second-order valence-electron chi connectivity index (χ2n) is 4.81. The second kappa shape index (κ2) is 6.08. The average Bonchev–Trinajstić information content (AvgIpc) is 2.46. The highest BCUT2D eigenvalue weighted by atomic mass is 35.5. The van der Waals surface area contributed by atoms with Gasteiger partial charge < -0.3 is 10.5 Å². The van der Waals surface area contributed by atoms with Gasteiger partial charge >= 0.3 is 0 Å². The summed E-state index contributed by atoms with van der Waals surface area (Å²) < 4.78 is 5.90. The van der Waals surface area contributed by atoms with Crippen molar-refractivity contribution in [3.63, 3.8) is 0 Å². The smallest absolute Gasteiger partial charge is 0.0921 e. The van der Waals surface area contributed by atoms with Crippen molar-refractivity contribution in [2.75, 3.05) is 18.1 Å². The first-order chi connectivity index (χ1) is 9.74. The van der Waals surface area contributed by atoms with Crippen LogP contribution in [0.3, 0.4) is 0 Å². The molecular formula is C16H16ClNOS. The lowest BCUT2D eigenvalue weighted by Gasteiger charge is -2.25. The highest BCUT2D eigenvalue weighted by Crippen LogP contribution is 2.35. The molecule has 0 fully saturated rings. The first-order valence-electron chi connectivity index (χ1n) is 6.61. The van der Waals surface area contributed by atoms with Crippen LogP contribution in [0.25, 0.3) is 0 Å². The zero-order valence-electron chi connectivity index (χ0n) is 11.0. The summed E-state index contributed by atoms with van der Waals surface area (Å²) in [6.07, 6.45) is 1.14. The van der Waals surface area contributed by atoms with Crippen molar-refractivity contribution in [2.45, 2.75) is 17.4 Å². The third-order valence-electron chi connectivity index (χ3n) is 3.44. The topological polar surface area (TPSA) is 35.2 Å². The third kappa shape index (κ3) is 2.95. The monoisotopic (exact) mass is 305 g/mol. The summed E-state index contributed by atoms with van der Waals surface area (Å²) in [6.45, 7) is 0.789. The van der Waals surface area contributed by atoms with Gasteiger partial charge in [-0.2, -0.15) is 0 Å². The zero-order valence-corrected chi connectivity index (χ0v) is 12.6. The predicted molar refractivity (Wildman–Crippen MR) is 85.4 cm³/mol. The average molecular weight is 306 g/mol. The molecule has 20 heavy (non-hydrogen) atoms. The predicted octanol–water partition coefficient (Wildman–Crippen LogP) is 4.33. The van der Waals surface area contributed by atoms with Gasteiger partial charge in [-0.05, 0) is 35.7 Å². The maximum absolute atomic E-state index is 6.21. The van der Waals surface area contributed by atoms with Crippen LogP contribution < -0.4 is 5.73 Å². The van der Waals surface area contributed by atoms with Gasteiger partial charge in [-0.25, -0.2) is 0 Å². The van der Waals surface area contributed by atoms with Crippen LogP contribution in [-0.2, 0) is 11.2 Å². The van der Waals surface area contributed by atoms with E-state index in [1.807, 2.05) is 12.1 Å². The van der Waals surface area contributed by atoms with Crippen molar-refractivity contribution < 1.29 is 4.74 Å². The highest BCUT2D eigenvalue weighted by Gasteiger charge is 2.20. The second-order valence-corrected chi connectivity index (χ2v) is 6.28. The van der Waals surface area contributed by atoms with Gasteiger partial charge in [-0.15, -0.1) is 11.8 Å². The minimum atomic E-state index is 0.138. The molecule has 2 nitrogen and oxygen atoms in total. The Bertz CT molecular complexity index is 617. The molecule has 1 unspecified atom stereocenters. The molecule has 1 atom stereocenters. The lowest BCUT2D eigenvalue weighted by atomic mass is 9.99. The molecule has 0 saturated carbocycles. The van der Waals surface area contributed by atoms with E-state index in [1.165, 1.54) is 11.1 Å². The Morgan fingerprint density at radius 2 is 2.10 bits per heavy atom. The molecule has 0 saturated heterocycles. The van der Waals surface area contributed by atoms with E-state index in [0.29, 0.717) is 10.7 Å². The molecule has 1 heterocycles. The summed E-state index contributed by atoms with van der Waals surface area (Å²) >= 11 is 7.92. The van der Waals surface area contributed by atoms with Crippen LogP contribution in [0.15, 0.2) is 47.4 Å². The number of thioether (sulfide) groups is 1. The Balaban J connectivity index is 1.73. The first kappa shape index (κ1) is 13.8. The molecule has 1 aliphatic rings. The number of rotatable bonds is 3. The van der Waals surface area contributed by atoms with E-state index in [9.17, 15) is 0 Å². The fourth-order valence-electron chi connectivity index (χ4n) is 2.41. The van der Waals surface area contributed by atoms with Crippen molar-refractivity contribution in [1.82, 2.24) is 0 Å². The molecule has 104 valence electrons. The standard InChI is InChI=1S/C16H16ClNOS/c17-14-9-12(18)5-6-16(14)20-10-15-13-4-2-1-3-11(13)7-8-19-15/h1-6,9,15H,7-8,10,18H2. The van der Waals surface area contributed by atoms with Crippen molar-refractivity contribution in [2.24, 2.45) is 0 Å². The van der Waals surface area contributed by atoms with E-state index in [-0.39, 0.29) is 6.10 Å². The molecular weight excluding hydrogens is 290 g/mol. The minimum absolute atomic E-state index is 0.138. The number of benzene rings is 2. The number of anilines is 1. The summed E-state index contributed by atoms with van der Waals surface area (Å²) in [7, 11) is 0. The number of fused-ring (bicyclic) bond motifs is 1. The Morgan fingerprint density at radius 1 is 1.25 bits per heavy atom. The van der Waals surface area contributed by atoms with Crippen LogP contribution in [-0.4, -0.2) is 12.4 Å². The van der Waals surface area contributed by atoms with Gasteiger partial charge in [0, 0.05) is 16.3 Å². The van der Waals surface area contributed by atoms with Gasteiger partial charge in [-0.3, -0.25) is 0 Å². The molecule has 4 heteroatoms. The van der Waals surface area contributed by atoms with Gasteiger partial charge in [0.15, 0.2) is 0 Å². The quantitative estimate of drug-likeness (QED) is 0.677. The molecule has 0 aromatic heterocycles. The highest BCUT2D eigenvalue weighted by molar-refractivity contribution is 7.99. The fraction of sp³-hybridized carbons (Fsp3) is 0.250. The zero-order chi connectivity index (χ0) is 13.9. The van der Waals surface area contributed by atoms with E-state index >= 15 is 0 Å². The van der Waals surface area contributed by atoms with Crippen molar-refractivity contribution in [1.29, 1.82) is 0 Å². The molecule has 0 spiro atoms. The van der Waals surface area contributed by atoms with Crippen LogP contribution in [0.2, 0.25) is 5.02 Å². The molecule has 2 N–H and O–H groups in total. The first-order valence-corrected chi connectivity index (χ1v) is 7.97. The Labute approximate surface area is 128 Å². The molecule has 0 bridgehead atoms. The number of halogens is 1. The maximum atomic E-state index is 6.21. The largest absolute Gasteiger partial charge is 0.399 e. The van der Waals surface area contributed by atoms with Gasteiger partial charge in [0.1, 0.15) is 0 Å². The molecule has 0 radical (unpaired) electrons. The van der Waals surface area contributed by atoms with Gasteiger partial charge in [0.05, 0.1) is 17.7 Å². The summed E-state index contributed by atoms with van der Waals surface area (Å²) in [5.41, 5.74) is 9.10. The van der Waals surface area contributed by atoms with Crippen LogP contribution in [0.4, 0.5) is 5.69 Å². The Hall–Kier alpha value is -1.16. The van der Waals surface area contributed by atoms with Crippen LogP contribution in [0.1, 0.15) is 17.2 Å². The molecule has 1 aliphatic heterocycles. The maximum Gasteiger partial charge on any atom is 0.0921 e. The number of nitrogens with two attached hydrogens (primary N) is 1. The number of nitrogen functional groups attached to an aromatic ring is 1. The van der Waals surface area contributed by atoms with Crippen molar-refractivity contribution >= 4 is 29.1 Å². The number of hydrogen-bond acceptors (Lipinski definition) is 3. The summed E-state index contributed by atoms with van der Waals surface area (Å²) in [5, 5.41) is 0.707. The molecule has 2 aromatic carbocycles. The van der Waals surface area contributed by atoms with Crippen LogP contribution in [0.5, 0.6) is 0 Å². The van der Waals surface area contributed by atoms with E-state index in [2.05, 4.69) is 24.3 Å². The van der Waals surface area contributed by atoms with Crippen LogP contribution in [0, 0.1) is 0 Å². The van der Waals surface area contributed by atoms with Crippen molar-refractivity contribution in [3.8, 4) is 0 Å². The lowest BCUT2D eigenvalue weighted by molar-refractivity contribution is 0.0588. The van der Waals surface area contributed by atoms with E-state index in [1.54, 1.807) is 17.8 Å². The number of hydrogen-bond donors (Lipinski definition) is 1. The van der Waals surface area contributed by atoms with E-state index in [4.69, 9.17) is 22.1 Å². The summed E-state index contributed by atoms with van der Waals surface area (Å²) in [6, 6.07) is 14.1.